The average Bonchev–Trinajstić information content (AvgIpc) is 3.02. The second-order valence-electron chi connectivity index (χ2n) is 5.14. The molecule has 3 rings (SSSR count). The Kier molecular flexibility index (Phi) is 4.82. The molecule has 6 nitrogen and oxygen atoms in total. The van der Waals surface area contributed by atoms with Crippen molar-refractivity contribution in [2.24, 2.45) is 0 Å². The summed E-state index contributed by atoms with van der Waals surface area (Å²) in [4.78, 5) is 18.1. The van der Waals surface area contributed by atoms with Gasteiger partial charge in [-0.05, 0) is 51.8 Å². The molecule has 7 heteroatoms. The molecule has 0 aliphatic rings. The first-order valence-corrected chi connectivity index (χ1v) is 8.07. The highest BCUT2D eigenvalue weighted by Crippen LogP contribution is 2.28. The van der Waals surface area contributed by atoms with E-state index in [1.807, 2.05) is 24.3 Å². The molecule has 0 aliphatic carbocycles. The van der Waals surface area contributed by atoms with E-state index < -0.39 is 12.6 Å². The molecule has 0 unspecified atom stereocenters. The number of aromatic amines is 1. The molecule has 0 amide bonds. The van der Waals surface area contributed by atoms with Gasteiger partial charge >= 0.3 is 5.97 Å². The second-order valence-corrected chi connectivity index (χ2v) is 6.00. The molecule has 2 aromatic carbocycles. The zero-order valence-electron chi connectivity index (χ0n) is 12.9. The largest absolute Gasteiger partial charge is 0.481 e. The van der Waals surface area contributed by atoms with Crippen LogP contribution in [0.25, 0.3) is 22.7 Å². The SMILES string of the molecule is N#C/C(=C\c1ccc(OCC(=O)O)c(Br)c1)c1nc2ccccc2[nH]1. The van der Waals surface area contributed by atoms with Gasteiger partial charge in [0.15, 0.2) is 6.61 Å². The molecule has 124 valence electrons. The van der Waals surface area contributed by atoms with Gasteiger partial charge in [-0.15, -0.1) is 0 Å². The van der Waals surface area contributed by atoms with Crippen LogP contribution >= 0.6 is 15.9 Å². The molecule has 0 aliphatic heterocycles. The average molecular weight is 398 g/mol. The van der Waals surface area contributed by atoms with Crippen LogP contribution in [-0.2, 0) is 4.79 Å². The Hall–Kier alpha value is -3.11. The number of nitriles is 1. The number of halogens is 1. The number of aliphatic carboxylic acids is 1. The predicted octanol–water partition coefficient (Wildman–Crippen LogP) is 3.85. The number of para-hydroxylation sites is 2. The number of hydrogen-bond acceptors (Lipinski definition) is 4. The molecule has 2 N–H and O–H groups in total. The lowest BCUT2D eigenvalue weighted by molar-refractivity contribution is -0.139. The summed E-state index contributed by atoms with van der Waals surface area (Å²) in [7, 11) is 0. The van der Waals surface area contributed by atoms with Gasteiger partial charge in [0.05, 0.1) is 21.1 Å². The summed E-state index contributed by atoms with van der Waals surface area (Å²) in [5.41, 5.74) is 2.79. The normalized spacial score (nSPS) is 11.3. The molecule has 0 saturated heterocycles. The summed E-state index contributed by atoms with van der Waals surface area (Å²) < 4.78 is 5.76. The van der Waals surface area contributed by atoms with Crippen LogP contribution in [0.4, 0.5) is 0 Å². The molecule has 1 heterocycles. The summed E-state index contributed by atoms with van der Waals surface area (Å²) in [5.74, 6) is -0.139. The standard InChI is InChI=1S/C18H12BrN3O3/c19-13-8-11(5-6-16(13)25-10-17(23)24)7-12(9-20)18-21-14-3-1-2-4-15(14)22-18/h1-8H,10H2,(H,21,22)(H,23,24)/b12-7+. The zero-order chi connectivity index (χ0) is 17.8. The minimum Gasteiger partial charge on any atom is -0.481 e. The van der Waals surface area contributed by atoms with Crippen LogP contribution in [0.2, 0.25) is 0 Å². The number of benzene rings is 2. The Morgan fingerprint density at radius 3 is 2.84 bits per heavy atom. The van der Waals surface area contributed by atoms with Crippen molar-refractivity contribution in [3.63, 3.8) is 0 Å². The number of ether oxygens (including phenoxy) is 1. The molecule has 0 bridgehead atoms. The highest BCUT2D eigenvalue weighted by molar-refractivity contribution is 9.10. The van der Waals surface area contributed by atoms with Crippen LogP contribution in [0, 0.1) is 11.3 Å². The first kappa shape index (κ1) is 16.7. The second kappa shape index (κ2) is 7.20. The maximum absolute atomic E-state index is 10.6. The predicted molar refractivity (Wildman–Crippen MR) is 96.9 cm³/mol. The van der Waals surface area contributed by atoms with E-state index in [2.05, 4.69) is 32.0 Å². The number of H-pyrrole nitrogens is 1. The number of nitrogens with zero attached hydrogens (tertiary/aromatic N) is 2. The van der Waals surface area contributed by atoms with Crippen LogP contribution in [0.15, 0.2) is 46.9 Å². The first-order chi connectivity index (χ1) is 12.1. The van der Waals surface area contributed by atoms with Gasteiger partial charge in [-0.25, -0.2) is 9.78 Å². The van der Waals surface area contributed by atoms with Crippen molar-refractivity contribution >= 4 is 44.6 Å². The van der Waals surface area contributed by atoms with E-state index in [1.54, 1.807) is 24.3 Å². The monoisotopic (exact) mass is 397 g/mol. The molecule has 3 aromatic rings. The van der Waals surface area contributed by atoms with Crippen LogP contribution in [0.5, 0.6) is 5.75 Å². The fraction of sp³-hybridized carbons (Fsp3) is 0.0556. The number of rotatable bonds is 5. The number of imidazole rings is 1. The van der Waals surface area contributed by atoms with Gasteiger partial charge in [0.2, 0.25) is 0 Å². The molecule has 1 aromatic heterocycles. The Labute approximate surface area is 151 Å². The topological polar surface area (TPSA) is 99.0 Å². The number of carboxylic acid groups (broad SMARTS) is 1. The van der Waals surface area contributed by atoms with Crippen molar-refractivity contribution in [3.05, 3.63) is 58.3 Å². The van der Waals surface area contributed by atoms with Crippen molar-refractivity contribution in [2.75, 3.05) is 6.61 Å². The number of aromatic nitrogens is 2. The number of hydrogen-bond donors (Lipinski definition) is 2. The van der Waals surface area contributed by atoms with Gasteiger partial charge in [0, 0.05) is 0 Å². The molecular weight excluding hydrogens is 386 g/mol. The molecule has 0 radical (unpaired) electrons. The molecular formula is C18H12BrN3O3. The third-order valence-electron chi connectivity index (χ3n) is 3.38. The quantitative estimate of drug-likeness (QED) is 0.636. The lowest BCUT2D eigenvalue weighted by Gasteiger charge is -2.06. The van der Waals surface area contributed by atoms with Crippen molar-refractivity contribution in [1.29, 1.82) is 5.26 Å². The Morgan fingerprint density at radius 1 is 1.36 bits per heavy atom. The smallest absolute Gasteiger partial charge is 0.341 e. The summed E-state index contributed by atoms with van der Waals surface area (Å²) in [6.45, 7) is -0.420. The maximum Gasteiger partial charge on any atom is 0.341 e. The summed E-state index contributed by atoms with van der Waals surface area (Å²) in [6.07, 6.45) is 1.70. The van der Waals surface area contributed by atoms with E-state index in [0.29, 0.717) is 21.6 Å². The highest BCUT2D eigenvalue weighted by atomic mass is 79.9. The number of fused-ring (bicyclic) bond motifs is 1. The van der Waals surface area contributed by atoms with E-state index in [4.69, 9.17) is 9.84 Å². The number of carbonyl (C=O) groups is 1. The van der Waals surface area contributed by atoms with Gasteiger partial charge in [0.25, 0.3) is 0 Å². The Balaban J connectivity index is 1.90. The van der Waals surface area contributed by atoms with Gasteiger partial charge in [-0.2, -0.15) is 5.26 Å². The van der Waals surface area contributed by atoms with Crippen molar-refractivity contribution in [2.45, 2.75) is 0 Å². The van der Waals surface area contributed by atoms with Crippen molar-refractivity contribution in [1.82, 2.24) is 9.97 Å². The van der Waals surface area contributed by atoms with Gasteiger partial charge in [-0.3, -0.25) is 0 Å². The minimum atomic E-state index is -1.05. The van der Waals surface area contributed by atoms with E-state index in [-0.39, 0.29) is 0 Å². The van der Waals surface area contributed by atoms with Crippen LogP contribution in [-0.4, -0.2) is 27.7 Å². The molecule has 0 spiro atoms. The fourth-order valence-electron chi connectivity index (χ4n) is 2.26. The van der Waals surface area contributed by atoms with E-state index in [1.165, 1.54) is 0 Å². The fourth-order valence-corrected chi connectivity index (χ4v) is 2.77. The summed E-state index contributed by atoms with van der Waals surface area (Å²) in [6, 6.07) is 14.8. The third-order valence-corrected chi connectivity index (χ3v) is 4.00. The molecule has 0 saturated carbocycles. The highest BCUT2D eigenvalue weighted by Gasteiger charge is 2.09. The summed E-state index contributed by atoms with van der Waals surface area (Å²) >= 11 is 3.34. The van der Waals surface area contributed by atoms with Crippen LogP contribution < -0.4 is 4.74 Å². The summed E-state index contributed by atoms with van der Waals surface area (Å²) in [5, 5.41) is 18.1. The molecule has 0 atom stereocenters. The minimum absolute atomic E-state index is 0.391. The van der Waals surface area contributed by atoms with E-state index >= 15 is 0 Å². The lowest BCUT2D eigenvalue weighted by Crippen LogP contribution is -2.09. The van der Waals surface area contributed by atoms with Gasteiger partial charge in [0.1, 0.15) is 17.6 Å². The lowest BCUT2D eigenvalue weighted by atomic mass is 10.1. The zero-order valence-corrected chi connectivity index (χ0v) is 14.4. The number of carboxylic acids is 1. The van der Waals surface area contributed by atoms with Crippen LogP contribution in [0.3, 0.4) is 0 Å². The van der Waals surface area contributed by atoms with Gasteiger partial charge < -0.3 is 14.8 Å². The maximum atomic E-state index is 10.6. The van der Waals surface area contributed by atoms with Crippen molar-refractivity contribution in [3.8, 4) is 11.8 Å². The van der Waals surface area contributed by atoms with Crippen molar-refractivity contribution < 1.29 is 14.6 Å². The number of nitrogens with one attached hydrogen (secondary N) is 1. The van der Waals surface area contributed by atoms with E-state index in [0.717, 1.165) is 16.6 Å². The third kappa shape index (κ3) is 3.87. The Bertz CT molecular complexity index is 985. The van der Waals surface area contributed by atoms with Crippen LogP contribution in [0.1, 0.15) is 11.4 Å². The molecule has 0 fully saturated rings. The van der Waals surface area contributed by atoms with Gasteiger partial charge in [-0.1, -0.05) is 18.2 Å². The first-order valence-electron chi connectivity index (χ1n) is 7.28. The number of allylic oxidation sites excluding steroid dienone is 1. The van der Waals surface area contributed by atoms with E-state index in [9.17, 15) is 10.1 Å². The molecule has 25 heavy (non-hydrogen) atoms. The Morgan fingerprint density at radius 2 is 2.16 bits per heavy atom.